The first kappa shape index (κ1) is 23.0. The molecule has 8 heteroatoms. The third-order valence-electron chi connectivity index (χ3n) is 6.12. The molecule has 1 atom stereocenters. The summed E-state index contributed by atoms with van der Waals surface area (Å²) in [7, 11) is 0. The maximum absolute atomic E-state index is 13.4. The molecule has 0 spiro atoms. The van der Waals surface area contributed by atoms with E-state index >= 15 is 0 Å². The highest BCUT2D eigenvalue weighted by Gasteiger charge is 2.19. The Bertz CT molecular complexity index is 1310. The first-order chi connectivity index (χ1) is 16.6. The number of aromatic nitrogens is 2. The first-order valence-corrected chi connectivity index (χ1v) is 13.0. The summed E-state index contributed by atoms with van der Waals surface area (Å²) in [6, 6.07) is 16.1. The van der Waals surface area contributed by atoms with E-state index in [0.29, 0.717) is 0 Å². The van der Waals surface area contributed by atoms with Crippen molar-refractivity contribution in [3.05, 3.63) is 84.1 Å². The molecule has 1 aliphatic rings. The molecule has 3 heterocycles. The molecule has 5 nitrogen and oxygen atoms in total. The van der Waals surface area contributed by atoms with Crippen molar-refractivity contribution >= 4 is 39.8 Å². The van der Waals surface area contributed by atoms with Crippen LogP contribution in [0.5, 0.6) is 0 Å². The zero-order chi connectivity index (χ0) is 23.5. The molecule has 1 fully saturated rings. The minimum absolute atomic E-state index is 0.292. The number of thiophene rings is 1. The molecule has 4 aromatic rings. The standard InChI is InChI=1S/C26H26FN5S2/c27-19-7-4-17(5-8-19)25(29)21(15-28)18-6-9-22-20(14-18)26(31-16-30-22)23-10-11-24(33-23)34-32-12-2-1-3-13-32/h4-11,14-16,25H,1-3,12-13,28-29H2/p+1/b21-15-. The largest absolute Gasteiger partial charge is 0.404 e. The van der Waals surface area contributed by atoms with Gasteiger partial charge < -0.3 is 11.5 Å². The zero-order valence-electron chi connectivity index (χ0n) is 18.7. The van der Waals surface area contributed by atoms with Crippen LogP contribution in [-0.4, -0.2) is 22.4 Å². The van der Waals surface area contributed by atoms with Crippen molar-refractivity contribution < 1.29 is 9.37 Å². The fraction of sp³-hybridized carbons (Fsp3) is 0.231. The molecule has 5 N–H and O–H groups in total. The Morgan fingerprint density at radius 2 is 1.88 bits per heavy atom. The van der Waals surface area contributed by atoms with Gasteiger partial charge in [-0.15, -0.1) is 11.3 Å². The number of nitrogens with one attached hydrogen (secondary N) is 1. The van der Waals surface area contributed by atoms with Gasteiger partial charge in [0.15, 0.2) is 11.2 Å². The van der Waals surface area contributed by atoms with E-state index in [1.807, 2.05) is 24.1 Å². The summed E-state index contributed by atoms with van der Waals surface area (Å²) in [5.41, 5.74) is 16.9. The second-order valence-electron chi connectivity index (χ2n) is 8.36. The Morgan fingerprint density at radius 3 is 2.65 bits per heavy atom. The van der Waals surface area contributed by atoms with Crippen molar-refractivity contribution in [2.75, 3.05) is 13.1 Å². The van der Waals surface area contributed by atoms with Crippen LogP contribution in [0.25, 0.3) is 27.0 Å². The smallest absolute Gasteiger partial charge is 0.285 e. The minimum Gasteiger partial charge on any atom is -0.404 e. The maximum Gasteiger partial charge on any atom is 0.285 e. The predicted molar refractivity (Wildman–Crippen MR) is 138 cm³/mol. The number of hydrogen-bond acceptors (Lipinski definition) is 6. The lowest BCUT2D eigenvalue weighted by Crippen LogP contribution is -2.22. The van der Waals surface area contributed by atoms with E-state index in [1.165, 1.54) is 41.8 Å². The summed E-state index contributed by atoms with van der Waals surface area (Å²) in [6.45, 7) is 2.29. The highest BCUT2D eigenvalue weighted by molar-refractivity contribution is 7.99. The van der Waals surface area contributed by atoms with Crippen molar-refractivity contribution in [1.82, 2.24) is 9.29 Å². The molecule has 2 aromatic heterocycles. The Kier molecular flexibility index (Phi) is 6.92. The number of rotatable bonds is 6. The Labute approximate surface area is 206 Å². The zero-order valence-corrected chi connectivity index (χ0v) is 20.3. The third kappa shape index (κ3) is 4.86. The van der Waals surface area contributed by atoms with Gasteiger partial charge in [0, 0.05) is 13.1 Å². The quantitative estimate of drug-likeness (QED) is 0.352. The summed E-state index contributed by atoms with van der Waals surface area (Å²) in [6.07, 6.45) is 7.14. The molecular formula is C26H27FN5S2+. The average Bonchev–Trinajstić information content (AvgIpc) is 3.33. The van der Waals surface area contributed by atoms with Crippen LogP contribution >= 0.6 is 23.3 Å². The molecule has 0 saturated carbocycles. The van der Waals surface area contributed by atoms with Crippen LogP contribution in [0.1, 0.15) is 36.4 Å². The average molecular weight is 493 g/mol. The Hall–Kier alpha value is -2.78. The van der Waals surface area contributed by atoms with E-state index in [4.69, 9.17) is 11.5 Å². The van der Waals surface area contributed by atoms with E-state index in [0.717, 1.165) is 51.3 Å². The summed E-state index contributed by atoms with van der Waals surface area (Å²) in [5.74, 6) is -0.292. The predicted octanol–water partition coefficient (Wildman–Crippen LogP) is 5.41. The summed E-state index contributed by atoms with van der Waals surface area (Å²) >= 11 is 3.63. The highest BCUT2D eigenvalue weighted by Crippen LogP contribution is 2.38. The van der Waals surface area contributed by atoms with Crippen molar-refractivity contribution in [1.29, 1.82) is 0 Å². The van der Waals surface area contributed by atoms with Gasteiger partial charge in [0.1, 0.15) is 5.82 Å². The number of nitrogens with zero attached hydrogens (tertiary/aromatic N) is 2. The van der Waals surface area contributed by atoms with Crippen LogP contribution in [0.15, 0.2) is 71.3 Å². The van der Waals surface area contributed by atoms with Crippen LogP contribution in [-0.2, 0) is 0 Å². The number of piperidine rings is 1. The molecule has 1 unspecified atom stereocenters. The molecule has 0 radical (unpaired) electrons. The van der Waals surface area contributed by atoms with Gasteiger partial charge in [0.2, 0.25) is 0 Å². The molecular weight excluding hydrogens is 465 g/mol. The van der Waals surface area contributed by atoms with E-state index in [-0.39, 0.29) is 5.82 Å². The van der Waals surface area contributed by atoms with Gasteiger partial charge in [-0.2, -0.15) is 0 Å². The second-order valence-corrected chi connectivity index (χ2v) is 10.8. The molecule has 174 valence electrons. The van der Waals surface area contributed by atoms with Crippen molar-refractivity contribution in [2.45, 2.75) is 29.5 Å². The fourth-order valence-corrected chi connectivity index (χ4v) is 6.61. The first-order valence-electron chi connectivity index (χ1n) is 11.4. The van der Waals surface area contributed by atoms with Gasteiger partial charge in [-0.1, -0.05) is 24.6 Å². The van der Waals surface area contributed by atoms with Gasteiger partial charge >= 0.3 is 0 Å². The molecule has 0 bridgehead atoms. The lowest BCUT2D eigenvalue weighted by Gasteiger charge is -2.24. The summed E-state index contributed by atoms with van der Waals surface area (Å²) in [5, 5.41) is 1.00. The number of hydrogen-bond donors (Lipinski definition) is 2. The molecule has 0 amide bonds. The highest BCUT2D eigenvalue weighted by atomic mass is 32.2. The Morgan fingerprint density at radius 1 is 1.09 bits per heavy atom. The van der Waals surface area contributed by atoms with Crippen molar-refractivity contribution in [3.8, 4) is 10.6 Å². The van der Waals surface area contributed by atoms with E-state index in [1.54, 1.807) is 29.8 Å². The minimum atomic E-state index is -0.471. The van der Waals surface area contributed by atoms with Crippen LogP contribution in [0.2, 0.25) is 0 Å². The number of H-pyrrole nitrogens is 1. The number of benzene rings is 2. The molecule has 34 heavy (non-hydrogen) atoms. The van der Waals surface area contributed by atoms with Crippen molar-refractivity contribution in [3.63, 3.8) is 0 Å². The topological polar surface area (TPSA) is 82.3 Å². The molecule has 0 aliphatic carbocycles. The Balaban J connectivity index is 1.47. The monoisotopic (exact) mass is 492 g/mol. The number of nitrogens with two attached hydrogens (primary N) is 2. The fourth-order valence-electron chi connectivity index (χ4n) is 4.29. The lowest BCUT2D eigenvalue weighted by atomic mass is 9.93. The van der Waals surface area contributed by atoms with Gasteiger partial charge in [0.05, 0.1) is 20.5 Å². The SMILES string of the molecule is N/C=C(/c1ccc2nc[nH+]c(-c3ccc(SN4CCCCC4)s3)c2c1)C(N)c1ccc(F)cc1. The number of aromatic amines is 1. The van der Waals surface area contributed by atoms with Crippen LogP contribution < -0.4 is 16.5 Å². The number of fused-ring (bicyclic) bond motifs is 1. The molecule has 1 saturated heterocycles. The summed E-state index contributed by atoms with van der Waals surface area (Å²) < 4.78 is 17.1. The molecule has 2 aromatic carbocycles. The maximum atomic E-state index is 13.4. The van der Waals surface area contributed by atoms with E-state index in [9.17, 15) is 4.39 Å². The normalized spacial score (nSPS) is 16.1. The van der Waals surface area contributed by atoms with Crippen molar-refractivity contribution in [2.24, 2.45) is 11.5 Å². The molecule has 5 rings (SSSR count). The van der Waals surface area contributed by atoms with Crippen LogP contribution in [0, 0.1) is 5.82 Å². The van der Waals surface area contributed by atoms with Gasteiger partial charge in [-0.25, -0.2) is 13.7 Å². The van der Waals surface area contributed by atoms with Gasteiger partial charge in [-0.05, 0) is 89.1 Å². The van der Waals surface area contributed by atoms with E-state index in [2.05, 4.69) is 32.5 Å². The van der Waals surface area contributed by atoms with Gasteiger partial charge in [0.25, 0.3) is 6.33 Å². The van der Waals surface area contributed by atoms with Gasteiger partial charge in [-0.3, -0.25) is 0 Å². The van der Waals surface area contributed by atoms with Crippen LogP contribution in [0.4, 0.5) is 4.39 Å². The van der Waals surface area contributed by atoms with Crippen LogP contribution in [0.3, 0.4) is 0 Å². The second kappa shape index (κ2) is 10.2. The molecule has 1 aliphatic heterocycles. The number of halogens is 1. The third-order valence-corrected chi connectivity index (χ3v) is 8.43. The summed E-state index contributed by atoms with van der Waals surface area (Å²) in [4.78, 5) is 9.03. The van der Waals surface area contributed by atoms with E-state index < -0.39 is 6.04 Å². The lowest BCUT2D eigenvalue weighted by molar-refractivity contribution is -0.367.